The molecule has 0 saturated heterocycles. The maximum atomic E-state index is 12.5. The summed E-state index contributed by atoms with van der Waals surface area (Å²) in [5, 5.41) is 4.36. The highest BCUT2D eigenvalue weighted by Gasteiger charge is 2.41. The van der Waals surface area contributed by atoms with Crippen molar-refractivity contribution < 1.29 is 9.53 Å². The molecule has 0 radical (unpaired) electrons. The van der Waals surface area contributed by atoms with Crippen molar-refractivity contribution in [1.82, 2.24) is 9.78 Å². The minimum atomic E-state index is -0.908. The molecular weight excluding hydrogens is 266 g/mol. The number of aryl methyl sites for hydroxylation is 2. The maximum Gasteiger partial charge on any atom is 0.317 e. The third-order valence-corrected chi connectivity index (χ3v) is 3.75. The molecule has 2 aromatic rings. The zero-order valence-corrected chi connectivity index (χ0v) is 12.7. The van der Waals surface area contributed by atoms with Crippen molar-refractivity contribution in [2.45, 2.75) is 18.8 Å². The van der Waals surface area contributed by atoms with E-state index in [1.165, 1.54) is 7.11 Å². The SMILES string of the molecule is COC(=O)C(CN)(Cc1ccn(C)n1)c1cccc(C)c1. The number of hydrogen-bond acceptors (Lipinski definition) is 4. The summed E-state index contributed by atoms with van der Waals surface area (Å²) >= 11 is 0. The Labute approximate surface area is 124 Å². The number of benzene rings is 1. The minimum Gasteiger partial charge on any atom is -0.468 e. The van der Waals surface area contributed by atoms with Crippen LogP contribution in [0.15, 0.2) is 36.5 Å². The van der Waals surface area contributed by atoms with E-state index in [1.54, 1.807) is 4.68 Å². The summed E-state index contributed by atoms with van der Waals surface area (Å²) in [6.45, 7) is 2.16. The summed E-state index contributed by atoms with van der Waals surface area (Å²) < 4.78 is 6.74. The molecule has 1 heterocycles. The average molecular weight is 287 g/mol. The van der Waals surface area contributed by atoms with Crippen molar-refractivity contribution in [2.24, 2.45) is 12.8 Å². The lowest BCUT2D eigenvalue weighted by Crippen LogP contribution is -2.46. The van der Waals surface area contributed by atoms with Gasteiger partial charge in [-0.15, -0.1) is 0 Å². The molecule has 0 aliphatic carbocycles. The molecule has 0 fully saturated rings. The maximum absolute atomic E-state index is 12.5. The smallest absolute Gasteiger partial charge is 0.317 e. The van der Waals surface area contributed by atoms with Crippen LogP contribution in [0.25, 0.3) is 0 Å². The second-order valence-electron chi connectivity index (χ2n) is 5.30. The zero-order valence-electron chi connectivity index (χ0n) is 12.7. The van der Waals surface area contributed by atoms with Crippen LogP contribution in [0.3, 0.4) is 0 Å². The van der Waals surface area contributed by atoms with Crippen molar-refractivity contribution in [1.29, 1.82) is 0 Å². The Morgan fingerprint density at radius 1 is 1.43 bits per heavy atom. The largest absolute Gasteiger partial charge is 0.468 e. The van der Waals surface area contributed by atoms with Gasteiger partial charge in [-0.05, 0) is 18.6 Å². The first-order valence-corrected chi connectivity index (χ1v) is 6.86. The van der Waals surface area contributed by atoms with E-state index in [2.05, 4.69) is 5.10 Å². The molecule has 1 aromatic carbocycles. The molecule has 2 N–H and O–H groups in total. The second-order valence-corrected chi connectivity index (χ2v) is 5.30. The van der Waals surface area contributed by atoms with Gasteiger partial charge in [0.05, 0.1) is 12.8 Å². The molecule has 5 heteroatoms. The van der Waals surface area contributed by atoms with Crippen molar-refractivity contribution >= 4 is 5.97 Å². The number of hydrogen-bond donors (Lipinski definition) is 1. The van der Waals surface area contributed by atoms with Crippen molar-refractivity contribution in [3.63, 3.8) is 0 Å². The minimum absolute atomic E-state index is 0.166. The number of methoxy groups -OCH3 is 1. The van der Waals surface area contributed by atoms with Gasteiger partial charge < -0.3 is 10.5 Å². The molecule has 0 spiro atoms. The van der Waals surface area contributed by atoms with Crippen LogP contribution in [0.5, 0.6) is 0 Å². The molecule has 5 nitrogen and oxygen atoms in total. The van der Waals surface area contributed by atoms with E-state index in [0.29, 0.717) is 6.42 Å². The first kappa shape index (κ1) is 15.3. The Morgan fingerprint density at radius 2 is 2.19 bits per heavy atom. The van der Waals surface area contributed by atoms with Gasteiger partial charge in [0.2, 0.25) is 0 Å². The zero-order chi connectivity index (χ0) is 15.5. The molecule has 0 aliphatic heterocycles. The van der Waals surface area contributed by atoms with Crippen LogP contribution in [-0.2, 0) is 28.4 Å². The number of esters is 1. The summed E-state index contributed by atoms with van der Waals surface area (Å²) in [5.41, 5.74) is 7.84. The van der Waals surface area contributed by atoms with Crippen molar-refractivity contribution in [3.8, 4) is 0 Å². The Hall–Kier alpha value is -2.14. The number of ether oxygens (including phenoxy) is 1. The number of nitrogens with two attached hydrogens (primary N) is 1. The van der Waals surface area contributed by atoms with Crippen LogP contribution in [0, 0.1) is 6.92 Å². The van der Waals surface area contributed by atoms with Crippen LogP contribution in [0.2, 0.25) is 0 Å². The fourth-order valence-corrected chi connectivity index (χ4v) is 2.57. The molecule has 1 unspecified atom stereocenters. The Morgan fingerprint density at radius 3 is 2.71 bits per heavy atom. The van der Waals surface area contributed by atoms with Gasteiger partial charge >= 0.3 is 5.97 Å². The van der Waals surface area contributed by atoms with E-state index in [-0.39, 0.29) is 12.5 Å². The van der Waals surface area contributed by atoms with Crippen LogP contribution in [-0.4, -0.2) is 29.4 Å². The molecular formula is C16H21N3O2. The summed E-state index contributed by atoms with van der Waals surface area (Å²) in [7, 11) is 3.24. The average Bonchev–Trinajstić information content (AvgIpc) is 2.89. The van der Waals surface area contributed by atoms with Crippen LogP contribution >= 0.6 is 0 Å². The summed E-state index contributed by atoms with van der Waals surface area (Å²) in [5.74, 6) is -0.332. The van der Waals surface area contributed by atoms with E-state index in [4.69, 9.17) is 10.5 Å². The predicted molar refractivity (Wildman–Crippen MR) is 80.8 cm³/mol. The highest BCUT2D eigenvalue weighted by Crippen LogP contribution is 2.29. The van der Waals surface area contributed by atoms with Crippen molar-refractivity contribution in [2.75, 3.05) is 13.7 Å². The quantitative estimate of drug-likeness (QED) is 0.843. The first-order valence-electron chi connectivity index (χ1n) is 6.86. The molecule has 1 atom stereocenters. The molecule has 0 amide bonds. The lowest BCUT2D eigenvalue weighted by Gasteiger charge is -2.29. The van der Waals surface area contributed by atoms with Gasteiger partial charge in [0, 0.05) is 26.2 Å². The van der Waals surface area contributed by atoms with Gasteiger partial charge in [0.25, 0.3) is 0 Å². The normalized spacial score (nSPS) is 13.7. The van der Waals surface area contributed by atoms with Crippen LogP contribution in [0.4, 0.5) is 0 Å². The highest BCUT2D eigenvalue weighted by molar-refractivity contribution is 5.84. The van der Waals surface area contributed by atoms with E-state index < -0.39 is 5.41 Å². The molecule has 0 bridgehead atoms. The third-order valence-electron chi connectivity index (χ3n) is 3.75. The summed E-state index contributed by atoms with van der Waals surface area (Å²) in [4.78, 5) is 12.5. The molecule has 2 rings (SSSR count). The number of rotatable bonds is 5. The third kappa shape index (κ3) is 2.97. The molecule has 112 valence electrons. The fraction of sp³-hybridized carbons (Fsp3) is 0.375. The van der Waals surface area contributed by atoms with E-state index in [9.17, 15) is 4.79 Å². The fourth-order valence-electron chi connectivity index (χ4n) is 2.57. The second kappa shape index (κ2) is 6.10. The van der Waals surface area contributed by atoms with Gasteiger partial charge in [0.1, 0.15) is 5.41 Å². The van der Waals surface area contributed by atoms with E-state index in [1.807, 2.05) is 50.5 Å². The topological polar surface area (TPSA) is 70.1 Å². The number of nitrogens with zero attached hydrogens (tertiary/aromatic N) is 2. The number of aromatic nitrogens is 2. The molecule has 0 saturated carbocycles. The Bertz CT molecular complexity index is 636. The summed E-state index contributed by atoms with van der Waals surface area (Å²) in [6.07, 6.45) is 2.27. The van der Waals surface area contributed by atoms with E-state index in [0.717, 1.165) is 16.8 Å². The van der Waals surface area contributed by atoms with Gasteiger partial charge in [0.15, 0.2) is 0 Å². The number of carbonyl (C=O) groups excluding carboxylic acids is 1. The lowest BCUT2D eigenvalue weighted by atomic mass is 9.76. The molecule has 21 heavy (non-hydrogen) atoms. The van der Waals surface area contributed by atoms with Gasteiger partial charge in [-0.2, -0.15) is 5.10 Å². The van der Waals surface area contributed by atoms with Gasteiger partial charge in [-0.25, -0.2) is 0 Å². The lowest BCUT2D eigenvalue weighted by molar-refractivity contribution is -0.147. The Kier molecular flexibility index (Phi) is 4.43. The highest BCUT2D eigenvalue weighted by atomic mass is 16.5. The predicted octanol–water partition coefficient (Wildman–Crippen LogP) is 1.34. The van der Waals surface area contributed by atoms with Gasteiger partial charge in [-0.1, -0.05) is 29.8 Å². The van der Waals surface area contributed by atoms with Crippen LogP contribution in [0.1, 0.15) is 16.8 Å². The monoisotopic (exact) mass is 287 g/mol. The molecule has 1 aromatic heterocycles. The molecule has 0 aliphatic rings. The van der Waals surface area contributed by atoms with Crippen LogP contribution < -0.4 is 5.73 Å². The number of carbonyl (C=O) groups is 1. The van der Waals surface area contributed by atoms with E-state index >= 15 is 0 Å². The van der Waals surface area contributed by atoms with Crippen molar-refractivity contribution in [3.05, 3.63) is 53.3 Å². The Balaban J connectivity index is 2.50. The standard InChI is InChI=1S/C16H21N3O2/c1-12-5-4-6-13(9-12)16(11-17,15(20)21-3)10-14-7-8-19(2)18-14/h4-9H,10-11,17H2,1-3H3. The first-order chi connectivity index (χ1) is 10.0. The van der Waals surface area contributed by atoms with Gasteiger partial charge in [-0.3, -0.25) is 9.48 Å². The summed E-state index contributed by atoms with van der Waals surface area (Å²) in [6, 6.07) is 9.70.